The van der Waals surface area contributed by atoms with Crippen LogP contribution in [-0.2, 0) is 21.8 Å². The van der Waals surface area contributed by atoms with Crippen LogP contribution in [0.25, 0.3) is 0 Å². The first kappa shape index (κ1) is 15.3. The fourth-order valence-electron chi connectivity index (χ4n) is 2.58. The molecule has 0 radical (unpaired) electrons. The van der Waals surface area contributed by atoms with Gasteiger partial charge in [-0.3, -0.25) is 0 Å². The van der Waals surface area contributed by atoms with Gasteiger partial charge in [0, 0.05) is 25.1 Å². The SMILES string of the molecule is CCOC1CC(NS(=O)(=O)c2c(N)ncn2C)C1(C)C. The Labute approximate surface area is 119 Å². The summed E-state index contributed by atoms with van der Waals surface area (Å²) in [4.78, 5) is 3.81. The monoisotopic (exact) mass is 302 g/mol. The summed E-state index contributed by atoms with van der Waals surface area (Å²) in [5.74, 6) is 0.0125. The molecule has 20 heavy (non-hydrogen) atoms. The van der Waals surface area contributed by atoms with E-state index in [4.69, 9.17) is 10.5 Å². The number of aryl methyl sites for hydroxylation is 1. The van der Waals surface area contributed by atoms with Crippen molar-refractivity contribution in [3.63, 3.8) is 0 Å². The summed E-state index contributed by atoms with van der Waals surface area (Å²) in [6.07, 6.45) is 2.13. The van der Waals surface area contributed by atoms with Gasteiger partial charge >= 0.3 is 0 Å². The molecule has 0 aromatic carbocycles. The van der Waals surface area contributed by atoms with Gasteiger partial charge in [-0.25, -0.2) is 18.1 Å². The van der Waals surface area contributed by atoms with Gasteiger partial charge in [0.2, 0.25) is 0 Å². The van der Waals surface area contributed by atoms with E-state index in [9.17, 15) is 8.42 Å². The van der Waals surface area contributed by atoms with Crippen molar-refractivity contribution < 1.29 is 13.2 Å². The van der Waals surface area contributed by atoms with E-state index in [2.05, 4.69) is 9.71 Å². The minimum atomic E-state index is -3.68. The predicted molar refractivity (Wildman–Crippen MR) is 75.5 cm³/mol. The number of nitrogen functional groups attached to an aromatic ring is 1. The minimum absolute atomic E-state index is 0.00756. The lowest BCUT2D eigenvalue weighted by Gasteiger charge is -2.51. The van der Waals surface area contributed by atoms with E-state index in [-0.39, 0.29) is 28.4 Å². The van der Waals surface area contributed by atoms with Crippen molar-refractivity contribution in [1.82, 2.24) is 14.3 Å². The summed E-state index contributed by atoms with van der Waals surface area (Å²) in [7, 11) is -2.07. The number of imidazole rings is 1. The second kappa shape index (κ2) is 5.01. The second-order valence-corrected chi connectivity index (χ2v) is 7.35. The van der Waals surface area contributed by atoms with Crippen molar-refractivity contribution in [3.05, 3.63) is 6.33 Å². The standard InChI is InChI=1S/C12H22N4O3S/c1-5-19-9-6-8(12(9,2)3)15-20(17,18)11-10(13)14-7-16(11)4/h7-9,15H,5-6,13H2,1-4H3. The van der Waals surface area contributed by atoms with Crippen molar-refractivity contribution in [2.45, 2.75) is 44.4 Å². The molecular formula is C12H22N4O3S. The van der Waals surface area contributed by atoms with Gasteiger partial charge in [-0.15, -0.1) is 0 Å². The van der Waals surface area contributed by atoms with E-state index in [1.807, 2.05) is 20.8 Å². The number of aromatic nitrogens is 2. The molecule has 1 aliphatic carbocycles. The van der Waals surface area contributed by atoms with Gasteiger partial charge in [-0.05, 0) is 13.3 Å². The molecule has 2 atom stereocenters. The highest BCUT2D eigenvalue weighted by molar-refractivity contribution is 7.89. The third-order valence-electron chi connectivity index (χ3n) is 4.01. The maximum atomic E-state index is 12.4. The fraction of sp³-hybridized carbons (Fsp3) is 0.750. The van der Waals surface area contributed by atoms with Gasteiger partial charge in [-0.1, -0.05) is 13.8 Å². The van der Waals surface area contributed by atoms with Crippen LogP contribution >= 0.6 is 0 Å². The van der Waals surface area contributed by atoms with Crippen LogP contribution in [-0.4, -0.2) is 36.7 Å². The number of hydrogen-bond acceptors (Lipinski definition) is 5. The topological polar surface area (TPSA) is 99.2 Å². The molecule has 1 saturated carbocycles. The molecule has 0 amide bonds. The molecule has 1 heterocycles. The summed E-state index contributed by atoms with van der Waals surface area (Å²) >= 11 is 0. The predicted octanol–water partition coefficient (Wildman–Crippen LogP) is 0.484. The molecule has 1 aliphatic rings. The van der Waals surface area contributed by atoms with E-state index in [1.165, 1.54) is 10.9 Å². The Kier molecular flexibility index (Phi) is 3.83. The average molecular weight is 302 g/mol. The van der Waals surface area contributed by atoms with E-state index in [1.54, 1.807) is 7.05 Å². The van der Waals surface area contributed by atoms with E-state index in [0.717, 1.165) is 0 Å². The van der Waals surface area contributed by atoms with Crippen LogP contribution in [0.15, 0.2) is 11.4 Å². The van der Waals surface area contributed by atoms with Gasteiger partial charge in [-0.2, -0.15) is 0 Å². The van der Waals surface area contributed by atoms with Crippen LogP contribution in [0.3, 0.4) is 0 Å². The Hall–Kier alpha value is -1.12. The van der Waals surface area contributed by atoms with Crippen molar-refractivity contribution in [2.24, 2.45) is 12.5 Å². The number of nitrogens with two attached hydrogens (primary N) is 1. The quantitative estimate of drug-likeness (QED) is 0.824. The van der Waals surface area contributed by atoms with Crippen molar-refractivity contribution in [3.8, 4) is 0 Å². The molecule has 8 heteroatoms. The zero-order chi connectivity index (χ0) is 15.1. The summed E-state index contributed by atoms with van der Waals surface area (Å²) in [5, 5.41) is 0.00756. The molecular weight excluding hydrogens is 280 g/mol. The highest BCUT2D eigenvalue weighted by Crippen LogP contribution is 2.43. The van der Waals surface area contributed by atoms with E-state index >= 15 is 0 Å². The molecule has 1 fully saturated rings. The first-order chi connectivity index (χ1) is 9.20. The highest BCUT2D eigenvalue weighted by Gasteiger charge is 2.50. The van der Waals surface area contributed by atoms with Crippen LogP contribution in [0, 0.1) is 5.41 Å². The van der Waals surface area contributed by atoms with Crippen LogP contribution in [0.5, 0.6) is 0 Å². The molecule has 3 N–H and O–H groups in total. The highest BCUT2D eigenvalue weighted by atomic mass is 32.2. The Balaban J connectivity index is 2.16. The maximum absolute atomic E-state index is 12.4. The number of ether oxygens (including phenoxy) is 1. The van der Waals surface area contributed by atoms with Crippen molar-refractivity contribution in [1.29, 1.82) is 0 Å². The third kappa shape index (κ3) is 2.43. The lowest BCUT2D eigenvalue weighted by molar-refractivity contribution is -0.108. The molecule has 114 valence electrons. The zero-order valence-electron chi connectivity index (χ0n) is 12.3. The number of nitrogens with one attached hydrogen (secondary N) is 1. The normalized spacial score (nSPS) is 25.4. The second-order valence-electron chi connectivity index (χ2n) is 5.72. The first-order valence-electron chi connectivity index (χ1n) is 6.61. The van der Waals surface area contributed by atoms with Crippen LogP contribution in [0.2, 0.25) is 0 Å². The average Bonchev–Trinajstić information content (AvgIpc) is 2.68. The van der Waals surface area contributed by atoms with Gasteiger partial charge in [0.15, 0.2) is 10.8 Å². The van der Waals surface area contributed by atoms with Crippen LogP contribution in [0.1, 0.15) is 27.2 Å². The molecule has 0 aliphatic heterocycles. The van der Waals surface area contributed by atoms with Crippen LogP contribution in [0.4, 0.5) is 5.82 Å². The third-order valence-corrected chi connectivity index (χ3v) is 5.61. The number of rotatable bonds is 5. The molecule has 2 rings (SSSR count). The number of anilines is 1. The van der Waals surface area contributed by atoms with Gasteiger partial charge < -0.3 is 15.0 Å². The Morgan fingerprint density at radius 1 is 1.60 bits per heavy atom. The molecule has 1 aromatic rings. The molecule has 7 nitrogen and oxygen atoms in total. The summed E-state index contributed by atoms with van der Waals surface area (Å²) < 4.78 is 34.5. The summed E-state index contributed by atoms with van der Waals surface area (Å²) in [6, 6.07) is -0.168. The summed E-state index contributed by atoms with van der Waals surface area (Å²) in [5.41, 5.74) is 5.39. The lowest BCUT2D eigenvalue weighted by Crippen LogP contribution is -2.62. The van der Waals surface area contributed by atoms with Gasteiger partial charge in [0.25, 0.3) is 10.0 Å². The lowest BCUT2D eigenvalue weighted by atomic mass is 9.65. The molecule has 2 unspecified atom stereocenters. The maximum Gasteiger partial charge on any atom is 0.260 e. The zero-order valence-corrected chi connectivity index (χ0v) is 13.1. The van der Waals surface area contributed by atoms with Crippen molar-refractivity contribution >= 4 is 15.8 Å². The van der Waals surface area contributed by atoms with Crippen LogP contribution < -0.4 is 10.5 Å². The van der Waals surface area contributed by atoms with Gasteiger partial charge in [0.1, 0.15) is 0 Å². The fourth-order valence-corrected chi connectivity index (χ4v) is 4.22. The Morgan fingerprint density at radius 3 is 2.70 bits per heavy atom. The number of sulfonamides is 1. The molecule has 0 bridgehead atoms. The van der Waals surface area contributed by atoms with E-state index < -0.39 is 10.0 Å². The number of nitrogens with zero attached hydrogens (tertiary/aromatic N) is 2. The minimum Gasteiger partial charge on any atom is -0.381 e. The largest absolute Gasteiger partial charge is 0.381 e. The molecule has 1 aromatic heterocycles. The Morgan fingerprint density at radius 2 is 2.25 bits per heavy atom. The number of hydrogen-bond donors (Lipinski definition) is 2. The molecule has 0 saturated heterocycles. The first-order valence-corrected chi connectivity index (χ1v) is 8.09. The Bertz CT molecular complexity index is 574. The van der Waals surface area contributed by atoms with Crippen molar-refractivity contribution in [2.75, 3.05) is 12.3 Å². The molecule has 0 spiro atoms. The van der Waals surface area contributed by atoms with E-state index in [0.29, 0.717) is 13.0 Å². The smallest absolute Gasteiger partial charge is 0.260 e. The van der Waals surface area contributed by atoms with Gasteiger partial charge in [0.05, 0.1) is 12.4 Å². The summed E-state index contributed by atoms with van der Waals surface area (Å²) in [6.45, 7) is 6.55.